The first-order valence-electron chi connectivity index (χ1n) is 8.82. The number of aromatic nitrogens is 5. The van der Waals surface area contributed by atoms with E-state index >= 15 is 0 Å². The van der Waals surface area contributed by atoms with Gasteiger partial charge in [-0.3, -0.25) is 15.0 Å². The molecule has 168 valence electrons. The molecule has 0 aliphatic carbocycles. The molecule has 3 heterocycles. The van der Waals surface area contributed by atoms with Crippen LogP contribution in [-0.2, 0) is 34.0 Å². The van der Waals surface area contributed by atoms with E-state index in [1.165, 1.54) is 23.7 Å². The molecule has 0 bridgehead atoms. The van der Waals surface area contributed by atoms with Crippen molar-refractivity contribution in [3.63, 3.8) is 0 Å². The summed E-state index contributed by atoms with van der Waals surface area (Å²) >= 11 is 0. The average Bonchev–Trinajstić information content (AvgIpc) is 3.26. The van der Waals surface area contributed by atoms with Crippen molar-refractivity contribution in [2.75, 3.05) is 32.3 Å². The van der Waals surface area contributed by atoms with E-state index in [0.29, 0.717) is 6.07 Å². The number of methoxy groups -OCH3 is 1. The van der Waals surface area contributed by atoms with Gasteiger partial charge in [-0.2, -0.15) is 13.2 Å². The Kier molecular flexibility index (Phi) is 6.65. The summed E-state index contributed by atoms with van der Waals surface area (Å²) in [5.41, 5.74) is -1.58. The van der Waals surface area contributed by atoms with Crippen LogP contribution in [0, 0.1) is 0 Å². The number of tetrazole rings is 1. The van der Waals surface area contributed by atoms with Crippen molar-refractivity contribution >= 4 is 17.9 Å². The van der Waals surface area contributed by atoms with Crippen molar-refractivity contribution < 1.29 is 37.0 Å². The van der Waals surface area contributed by atoms with Gasteiger partial charge in [0, 0.05) is 14.2 Å². The highest BCUT2D eigenvalue weighted by Gasteiger charge is 2.34. The third kappa shape index (κ3) is 5.43. The number of hydrogen-bond acceptors (Lipinski definition) is 9. The summed E-state index contributed by atoms with van der Waals surface area (Å²) in [6.45, 7) is -0.318. The number of amides is 2. The van der Waals surface area contributed by atoms with Crippen LogP contribution in [0.25, 0.3) is 0 Å². The number of anilines is 1. The predicted octanol–water partition coefficient (Wildman–Crippen LogP) is 0.817. The fraction of sp³-hybridized carbons (Fsp3) is 0.500. The second-order valence-corrected chi connectivity index (χ2v) is 6.43. The average molecular weight is 445 g/mol. The van der Waals surface area contributed by atoms with Crippen LogP contribution in [0.2, 0.25) is 0 Å². The third-order valence-corrected chi connectivity index (χ3v) is 4.13. The molecule has 1 aliphatic heterocycles. The predicted molar refractivity (Wildman–Crippen MR) is 94.5 cm³/mol. The summed E-state index contributed by atoms with van der Waals surface area (Å²) in [6, 6.07) is 1.68. The summed E-state index contributed by atoms with van der Waals surface area (Å²) in [6.07, 6.45) is -5.95. The number of ether oxygens (including phenoxy) is 3. The normalized spacial score (nSPS) is 16.5. The molecule has 2 aromatic heterocycles. The second kappa shape index (κ2) is 9.22. The number of alkyl halides is 3. The monoisotopic (exact) mass is 445 g/mol. The topological polar surface area (TPSA) is 134 Å². The van der Waals surface area contributed by atoms with Crippen LogP contribution in [0.15, 0.2) is 12.1 Å². The lowest BCUT2D eigenvalue weighted by atomic mass is 10.1. The number of rotatable bonds is 8. The van der Waals surface area contributed by atoms with Crippen LogP contribution in [0.1, 0.15) is 21.7 Å². The lowest BCUT2D eigenvalue weighted by molar-refractivity contribution is -0.141. The van der Waals surface area contributed by atoms with Gasteiger partial charge < -0.3 is 14.2 Å². The van der Waals surface area contributed by atoms with E-state index in [9.17, 15) is 22.8 Å². The molecular formula is C16H18F3N7O5. The van der Waals surface area contributed by atoms with Crippen molar-refractivity contribution in [3.8, 4) is 0 Å². The highest BCUT2D eigenvalue weighted by molar-refractivity contribution is 6.04. The lowest BCUT2D eigenvalue weighted by Gasteiger charge is -2.14. The molecule has 0 saturated carbocycles. The zero-order valence-electron chi connectivity index (χ0n) is 16.4. The fourth-order valence-electron chi connectivity index (χ4n) is 2.69. The summed E-state index contributed by atoms with van der Waals surface area (Å²) in [5.74, 6) is -0.774. The maximum Gasteiger partial charge on any atom is 0.433 e. The van der Waals surface area contributed by atoms with Gasteiger partial charge in [-0.15, -0.1) is 0 Å². The minimum atomic E-state index is -4.71. The molecule has 1 fully saturated rings. The van der Waals surface area contributed by atoms with Gasteiger partial charge in [-0.05, 0) is 22.6 Å². The van der Waals surface area contributed by atoms with E-state index in [2.05, 4.69) is 25.8 Å². The maximum atomic E-state index is 13.1. The number of aryl methyl sites for hydroxylation is 1. The Morgan fingerprint density at radius 1 is 1.39 bits per heavy atom. The van der Waals surface area contributed by atoms with Gasteiger partial charge in [0.05, 0.1) is 31.0 Å². The zero-order chi connectivity index (χ0) is 22.6. The minimum absolute atomic E-state index is 0.00660. The summed E-state index contributed by atoms with van der Waals surface area (Å²) in [7, 11) is 2.89. The molecule has 3 rings (SSSR count). The van der Waals surface area contributed by atoms with E-state index in [-0.39, 0.29) is 37.1 Å². The van der Waals surface area contributed by atoms with E-state index in [1.54, 1.807) is 0 Å². The van der Waals surface area contributed by atoms with Crippen molar-refractivity contribution in [2.45, 2.75) is 18.9 Å². The molecule has 1 aliphatic rings. The molecule has 1 N–H and O–H groups in total. The van der Waals surface area contributed by atoms with E-state index in [1.807, 2.05) is 0 Å². The van der Waals surface area contributed by atoms with Gasteiger partial charge in [-0.1, -0.05) is 5.10 Å². The first-order valence-corrected chi connectivity index (χ1v) is 8.82. The first-order chi connectivity index (χ1) is 14.7. The summed E-state index contributed by atoms with van der Waals surface area (Å²) in [4.78, 5) is 29.0. The van der Waals surface area contributed by atoms with Gasteiger partial charge in [0.2, 0.25) is 5.95 Å². The van der Waals surface area contributed by atoms with Gasteiger partial charge in [0.25, 0.3) is 5.91 Å². The maximum absolute atomic E-state index is 13.1. The van der Waals surface area contributed by atoms with Crippen LogP contribution >= 0.6 is 0 Å². The SMILES string of the molecule is COCN1C[C@@H](COCc2nc(C(F)(F)F)ccc2C(=O)Nc2nnnn2C)OC1=O. The highest BCUT2D eigenvalue weighted by atomic mass is 19.4. The molecule has 15 heteroatoms. The molecule has 0 unspecified atom stereocenters. The smallest absolute Gasteiger partial charge is 0.433 e. The molecule has 0 aromatic carbocycles. The minimum Gasteiger partial charge on any atom is -0.442 e. The molecule has 2 aromatic rings. The Bertz CT molecular complexity index is 952. The second-order valence-electron chi connectivity index (χ2n) is 6.43. The number of pyridine rings is 1. The number of cyclic esters (lactones) is 1. The van der Waals surface area contributed by atoms with E-state index in [4.69, 9.17) is 14.2 Å². The summed E-state index contributed by atoms with van der Waals surface area (Å²) < 4.78 is 55.7. The molecule has 0 radical (unpaired) electrons. The van der Waals surface area contributed by atoms with Gasteiger partial charge in [0.15, 0.2) is 0 Å². The molecule has 1 saturated heterocycles. The van der Waals surface area contributed by atoms with E-state index < -0.39 is 36.6 Å². The lowest BCUT2D eigenvalue weighted by Crippen LogP contribution is -2.28. The Hall–Kier alpha value is -3.33. The number of carbonyl (C=O) groups excluding carboxylic acids is 2. The highest BCUT2D eigenvalue weighted by Crippen LogP contribution is 2.28. The van der Waals surface area contributed by atoms with Crippen LogP contribution in [0.5, 0.6) is 0 Å². The van der Waals surface area contributed by atoms with Crippen LogP contribution in [0.3, 0.4) is 0 Å². The van der Waals surface area contributed by atoms with E-state index in [0.717, 1.165) is 6.07 Å². The van der Waals surface area contributed by atoms with Crippen molar-refractivity contribution in [1.29, 1.82) is 0 Å². The Balaban J connectivity index is 1.71. The third-order valence-electron chi connectivity index (χ3n) is 4.13. The molecule has 12 nitrogen and oxygen atoms in total. The molecule has 1 atom stereocenters. The zero-order valence-corrected chi connectivity index (χ0v) is 16.4. The summed E-state index contributed by atoms with van der Waals surface area (Å²) in [5, 5.41) is 12.9. The Labute approximate surface area is 173 Å². The number of carbonyl (C=O) groups is 2. The van der Waals surface area contributed by atoms with Gasteiger partial charge in [-0.25, -0.2) is 14.5 Å². The number of nitrogens with one attached hydrogen (secondary N) is 1. The van der Waals surface area contributed by atoms with Crippen molar-refractivity contribution in [1.82, 2.24) is 30.1 Å². The number of hydrogen-bond donors (Lipinski definition) is 1. The van der Waals surface area contributed by atoms with Crippen LogP contribution in [-0.4, -0.2) is 75.2 Å². The van der Waals surface area contributed by atoms with Gasteiger partial charge >= 0.3 is 12.3 Å². The van der Waals surface area contributed by atoms with Crippen LogP contribution in [0.4, 0.5) is 23.9 Å². The number of nitrogens with zero attached hydrogens (tertiary/aromatic N) is 6. The quantitative estimate of drug-likeness (QED) is 0.627. The Morgan fingerprint density at radius 2 is 2.16 bits per heavy atom. The number of halogens is 3. The largest absolute Gasteiger partial charge is 0.442 e. The van der Waals surface area contributed by atoms with Crippen LogP contribution < -0.4 is 5.32 Å². The molecule has 31 heavy (non-hydrogen) atoms. The molecule has 2 amide bonds. The molecule has 0 spiro atoms. The van der Waals surface area contributed by atoms with Crippen molar-refractivity contribution in [3.05, 3.63) is 29.1 Å². The van der Waals surface area contributed by atoms with Crippen molar-refractivity contribution in [2.24, 2.45) is 7.05 Å². The standard InChI is InChI=1S/C16H18F3N7O5/c1-25-14(22-23-24-25)21-13(27)10-3-4-12(16(17,18)19)20-11(10)7-30-6-9-5-26(8-29-2)15(28)31-9/h3-4,9H,5-8H2,1-2H3,(H,21,22,24,27)/t9-/m0/s1. The molecular weight excluding hydrogens is 427 g/mol. The Morgan fingerprint density at radius 3 is 2.81 bits per heavy atom. The fourth-order valence-corrected chi connectivity index (χ4v) is 2.69. The first kappa shape index (κ1) is 22.4. The van der Waals surface area contributed by atoms with Gasteiger partial charge in [0.1, 0.15) is 18.5 Å².